The lowest BCUT2D eigenvalue weighted by Gasteiger charge is -2.23. The minimum Gasteiger partial charge on any atom is -0.484 e. The van der Waals surface area contributed by atoms with Crippen molar-refractivity contribution in [2.75, 3.05) is 18.5 Å². The first-order valence-electron chi connectivity index (χ1n) is 7.51. The first-order chi connectivity index (χ1) is 11.6. The average molecular weight is 410 g/mol. The molecule has 2 heterocycles. The summed E-state index contributed by atoms with van der Waals surface area (Å²) in [5, 5.41) is 5.09. The van der Waals surface area contributed by atoms with Crippen molar-refractivity contribution < 1.29 is 14.3 Å². The molecule has 1 atom stereocenters. The van der Waals surface area contributed by atoms with E-state index in [1.807, 2.05) is 12.1 Å². The van der Waals surface area contributed by atoms with E-state index in [1.54, 1.807) is 28.6 Å². The number of nitrogens with one attached hydrogen (secondary N) is 1. The molecule has 1 fully saturated rings. The van der Waals surface area contributed by atoms with Crippen molar-refractivity contribution in [3.05, 3.63) is 40.3 Å². The maximum Gasteiger partial charge on any atom is 0.261 e. The molecule has 3 rings (SSSR count). The number of halogens is 1. The quantitative estimate of drug-likeness (QED) is 0.823. The van der Waals surface area contributed by atoms with Crippen molar-refractivity contribution in [3.63, 3.8) is 0 Å². The second kappa shape index (κ2) is 7.76. The molecule has 0 spiro atoms. The molecule has 0 bridgehead atoms. The molecule has 126 valence electrons. The lowest BCUT2D eigenvalue weighted by molar-refractivity contribution is -0.138. The smallest absolute Gasteiger partial charge is 0.261 e. The van der Waals surface area contributed by atoms with Crippen LogP contribution in [0, 0.1) is 0 Å². The van der Waals surface area contributed by atoms with Crippen LogP contribution >= 0.6 is 27.3 Å². The number of carbonyl (C=O) groups excluding carboxylic acids is 2. The van der Waals surface area contributed by atoms with Crippen molar-refractivity contribution in [2.45, 2.75) is 18.9 Å². The second-order valence-corrected chi connectivity index (χ2v) is 7.12. The van der Waals surface area contributed by atoms with Gasteiger partial charge in [-0.25, -0.2) is 4.98 Å². The third-order valence-electron chi connectivity index (χ3n) is 3.71. The molecule has 8 heteroatoms. The van der Waals surface area contributed by atoms with E-state index >= 15 is 0 Å². The number of nitrogens with zero attached hydrogens (tertiary/aromatic N) is 2. The molecular formula is C16H16BrN3O3S. The number of carbonyl (C=O) groups is 2. The lowest BCUT2D eigenvalue weighted by atomic mass is 10.2. The number of amides is 2. The molecule has 0 radical (unpaired) electrons. The van der Waals surface area contributed by atoms with Crippen molar-refractivity contribution >= 4 is 44.2 Å². The second-order valence-electron chi connectivity index (χ2n) is 5.31. The van der Waals surface area contributed by atoms with Crippen LogP contribution in [-0.4, -0.2) is 40.9 Å². The third-order valence-corrected chi connectivity index (χ3v) is 4.93. The van der Waals surface area contributed by atoms with E-state index < -0.39 is 6.04 Å². The summed E-state index contributed by atoms with van der Waals surface area (Å²) in [7, 11) is 0. The first-order valence-corrected chi connectivity index (χ1v) is 9.19. The predicted molar refractivity (Wildman–Crippen MR) is 95.1 cm³/mol. The van der Waals surface area contributed by atoms with Crippen molar-refractivity contribution in [1.82, 2.24) is 9.88 Å². The van der Waals surface area contributed by atoms with Gasteiger partial charge in [0.25, 0.3) is 5.91 Å². The van der Waals surface area contributed by atoms with Gasteiger partial charge in [0.2, 0.25) is 5.91 Å². The molecule has 1 unspecified atom stereocenters. The number of hydrogen-bond acceptors (Lipinski definition) is 5. The summed E-state index contributed by atoms with van der Waals surface area (Å²) in [5.74, 6) is 0.240. The Balaban J connectivity index is 1.56. The molecule has 24 heavy (non-hydrogen) atoms. The van der Waals surface area contributed by atoms with Gasteiger partial charge in [0.1, 0.15) is 11.8 Å². The van der Waals surface area contributed by atoms with E-state index in [2.05, 4.69) is 26.2 Å². The fourth-order valence-corrected chi connectivity index (χ4v) is 3.37. The molecule has 2 amide bonds. The Hall–Kier alpha value is -1.93. The Morgan fingerprint density at radius 3 is 2.88 bits per heavy atom. The zero-order valence-electron chi connectivity index (χ0n) is 12.8. The van der Waals surface area contributed by atoms with Gasteiger partial charge in [-0.15, -0.1) is 11.3 Å². The van der Waals surface area contributed by atoms with Crippen LogP contribution in [0.3, 0.4) is 0 Å². The number of thiazole rings is 1. The minimum absolute atomic E-state index is 0.0807. The zero-order valence-corrected chi connectivity index (χ0v) is 15.2. The van der Waals surface area contributed by atoms with E-state index in [-0.39, 0.29) is 18.4 Å². The van der Waals surface area contributed by atoms with Crippen LogP contribution in [0.4, 0.5) is 5.13 Å². The Bertz CT molecular complexity index is 706. The molecule has 1 aromatic heterocycles. The monoisotopic (exact) mass is 409 g/mol. The Morgan fingerprint density at radius 1 is 1.38 bits per heavy atom. The fraction of sp³-hybridized carbons (Fsp3) is 0.312. The van der Waals surface area contributed by atoms with Gasteiger partial charge in [0.15, 0.2) is 11.7 Å². The van der Waals surface area contributed by atoms with Crippen LogP contribution in [0.5, 0.6) is 5.75 Å². The van der Waals surface area contributed by atoms with E-state index in [1.165, 1.54) is 11.3 Å². The van der Waals surface area contributed by atoms with Gasteiger partial charge in [0.05, 0.1) is 0 Å². The molecule has 2 aromatic rings. The van der Waals surface area contributed by atoms with E-state index in [0.29, 0.717) is 23.8 Å². The van der Waals surface area contributed by atoms with Crippen molar-refractivity contribution in [3.8, 4) is 5.75 Å². The van der Waals surface area contributed by atoms with Gasteiger partial charge in [-0.05, 0) is 37.1 Å². The number of hydrogen-bond donors (Lipinski definition) is 1. The largest absolute Gasteiger partial charge is 0.484 e. The van der Waals surface area contributed by atoms with Crippen LogP contribution in [0.15, 0.2) is 40.3 Å². The van der Waals surface area contributed by atoms with Crippen LogP contribution in [0.25, 0.3) is 0 Å². The number of rotatable bonds is 5. The van der Waals surface area contributed by atoms with Gasteiger partial charge in [-0.3, -0.25) is 9.59 Å². The Labute approximate surface area is 152 Å². The summed E-state index contributed by atoms with van der Waals surface area (Å²) >= 11 is 4.70. The SMILES string of the molecule is O=C(Nc1nccs1)C1CCCN1C(=O)COc1ccc(Br)cc1. The highest BCUT2D eigenvalue weighted by molar-refractivity contribution is 9.10. The number of likely N-dealkylation sites (tertiary alicyclic amines) is 1. The molecule has 1 aliphatic heterocycles. The maximum absolute atomic E-state index is 12.4. The zero-order chi connectivity index (χ0) is 16.9. The van der Waals surface area contributed by atoms with E-state index in [0.717, 1.165) is 10.9 Å². The normalized spacial score (nSPS) is 16.9. The maximum atomic E-state index is 12.4. The molecular weight excluding hydrogens is 394 g/mol. The molecule has 0 aliphatic carbocycles. The van der Waals surface area contributed by atoms with E-state index in [4.69, 9.17) is 4.74 Å². The Morgan fingerprint density at radius 2 is 2.17 bits per heavy atom. The number of ether oxygens (including phenoxy) is 1. The molecule has 6 nitrogen and oxygen atoms in total. The third kappa shape index (κ3) is 4.12. The predicted octanol–water partition coefficient (Wildman–Crippen LogP) is 2.91. The summed E-state index contributed by atoms with van der Waals surface area (Å²) < 4.78 is 6.46. The van der Waals surface area contributed by atoms with Gasteiger partial charge in [-0.1, -0.05) is 15.9 Å². The Kier molecular flexibility index (Phi) is 5.47. The van der Waals surface area contributed by atoms with Crippen LogP contribution in [0.1, 0.15) is 12.8 Å². The lowest BCUT2D eigenvalue weighted by Crippen LogP contribution is -2.45. The van der Waals surface area contributed by atoms with Gasteiger partial charge in [0, 0.05) is 22.6 Å². The number of benzene rings is 1. The summed E-state index contributed by atoms with van der Waals surface area (Å²) in [6.45, 7) is 0.487. The standard InChI is InChI=1S/C16H16BrN3O3S/c17-11-3-5-12(6-4-11)23-10-14(21)20-8-1-2-13(20)15(22)19-16-18-7-9-24-16/h3-7,9,13H,1-2,8,10H2,(H,18,19,22). The van der Waals surface area contributed by atoms with Crippen molar-refractivity contribution in [2.24, 2.45) is 0 Å². The molecule has 1 aliphatic rings. The molecule has 1 N–H and O–H groups in total. The van der Waals surface area contributed by atoms with E-state index in [9.17, 15) is 9.59 Å². The molecule has 1 aromatic carbocycles. The summed E-state index contributed by atoms with van der Waals surface area (Å²) in [5.41, 5.74) is 0. The topological polar surface area (TPSA) is 71.5 Å². The number of anilines is 1. The molecule has 1 saturated heterocycles. The van der Waals surface area contributed by atoms with Gasteiger partial charge < -0.3 is 15.0 Å². The minimum atomic E-state index is -0.463. The number of aromatic nitrogens is 1. The van der Waals surface area contributed by atoms with Gasteiger partial charge in [-0.2, -0.15) is 0 Å². The average Bonchev–Trinajstić information content (AvgIpc) is 3.25. The van der Waals surface area contributed by atoms with Crippen LogP contribution < -0.4 is 10.1 Å². The highest BCUT2D eigenvalue weighted by Gasteiger charge is 2.34. The summed E-state index contributed by atoms with van der Waals surface area (Å²) in [6.07, 6.45) is 3.09. The van der Waals surface area contributed by atoms with Gasteiger partial charge >= 0.3 is 0 Å². The van der Waals surface area contributed by atoms with Crippen molar-refractivity contribution in [1.29, 1.82) is 0 Å². The van der Waals surface area contributed by atoms with Crippen LogP contribution in [-0.2, 0) is 9.59 Å². The van der Waals surface area contributed by atoms with Crippen LogP contribution in [0.2, 0.25) is 0 Å². The highest BCUT2D eigenvalue weighted by atomic mass is 79.9. The highest BCUT2D eigenvalue weighted by Crippen LogP contribution is 2.21. The summed E-state index contributed by atoms with van der Waals surface area (Å²) in [4.78, 5) is 30.4. The fourth-order valence-electron chi connectivity index (χ4n) is 2.57. The summed E-state index contributed by atoms with van der Waals surface area (Å²) in [6, 6.07) is 6.80. The first kappa shape index (κ1) is 16.9. The molecule has 0 saturated carbocycles.